The molecule has 2 aromatic heterocycles. The van der Waals surface area contributed by atoms with E-state index in [4.69, 9.17) is 0 Å². The zero-order chi connectivity index (χ0) is 41.0. The third-order valence-electron chi connectivity index (χ3n) is 12.1. The molecular weight excluding hydrogens is 771 g/mol. The molecule has 2 heterocycles. The largest absolute Gasteiger partial charge is 0.310 e. The molecule has 292 valence electrons. The Morgan fingerprint density at radius 2 is 0.823 bits per heavy atom. The first-order chi connectivity index (χ1) is 30.7. The fourth-order valence-corrected chi connectivity index (χ4v) is 10.4. The second-order valence-electron chi connectivity index (χ2n) is 15.8. The Morgan fingerprint density at radius 3 is 1.40 bits per heavy atom. The summed E-state index contributed by atoms with van der Waals surface area (Å²) < 4.78 is 5.07. The van der Waals surface area contributed by atoms with Crippen molar-refractivity contribution in [1.82, 2.24) is 4.57 Å². The molecule has 0 aliphatic rings. The lowest BCUT2D eigenvalue weighted by Crippen LogP contribution is -2.13. The van der Waals surface area contributed by atoms with Crippen LogP contribution in [0.5, 0.6) is 0 Å². The van der Waals surface area contributed by atoms with Crippen LogP contribution in [0.25, 0.3) is 69.6 Å². The van der Waals surface area contributed by atoms with Crippen LogP contribution in [0, 0.1) is 0 Å². The third-order valence-corrected chi connectivity index (χ3v) is 13.2. The van der Waals surface area contributed by atoms with E-state index in [2.05, 4.69) is 251 Å². The molecule has 0 radical (unpaired) electrons. The summed E-state index contributed by atoms with van der Waals surface area (Å²) in [5.74, 6) is 0. The summed E-state index contributed by atoms with van der Waals surface area (Å²) in [5, 5.41) is 7.65. The molecule has 3 nitrogen and oxygen atoms in total. The average molecular weight is 810 g/mol. The predicted molar refractivity (Wildman–Crippen MR) is 266 cm³/mol. The average Bonchev–Trinajstić information content (AvgIpc) is 3.88. The number of hydrogen-bond donors (Lipinski definition) is 0. The molecule has 10 aromatic carbocycles. The SMILES string of the molecule is c1ccc(N(c2ccccc2)c2cc(-c3ccc4c(c3)c3cc5c(ccc6sc7ccccc7c65)cc3n4-c3ccccc3)cc(N(c3ccccc3)c3ccccc3)c2)cc1. The van der Waals surface area contributed by atoms with Gasteiger partial charge in [0.05, 0.1) is 11.0 Å². The molecule has 0 spiro atoms. The van der Waals surface area contributed by atoms with Crippen LogP contribution in [0.2, 0.25) is 0 Å². The molecule has 0 amide bonds. The van der Waals surface area contributed by atoms with Gasteiger partial charge in [-0.1, -0.05) is 121 Å². The van der Waals surface area contributed by atoms with Gasteiger partial charge in [0.25, 0.3) is 0 Å². The van der Waals surface area contributed by atoms with Gasteiger partial charge in [0.15, 0.2) is 0 Å². The molecule has 0 aliphatic heterocycles. The van der Waals surface area contributed by atoms with E-state index >= 15 is 0 Å². The lowest BCUT2D eigenvalue weighted by atomic mass is 9.98. The molecule has 0 saturated heterocycles. The van der Waals surface area contributed by atoms with Gasteiger partial charge >= 0.3 is 0 Å². The first kappa shape index (κ1) is 36.0. The topological polar surface area (TPSA) is 11.4 Å². The minimum absolute atomic E-state index is 1.07. The molecule has 0 saturated carbocycles. The summed E-state index contributed by atoms with van der Waals surface area (Å²) in [6.45, 7) is 0. The highest BCUT2D eigenvalue weighted by molar-refractivity contribution is 7.26. The fourth-order valence-electron chi connectivity index (χ4n) is 9.32. The van der Waals surface area contributed by atoms with Gasteiger partial charge in [0.1, 0.15) is 0 Å². The first-order valence-electron chi connectivity index (χ1n) is 21.1. The second kappa shape index (κ2) is 15.0. The van der Waals surface area contributed by atoms with E-state index in [9.17, 15) is 0 Å². The molecule has 0 bridgehead atoms. The molecule has 0 fully saturated rings. The fraction of sp³-hybridized carbons (Fsp3) is 0. The van der Waals surface area contributed by atoms with E-state index in [1.54, 1.807) is 0 Å². The quantitative estimate of drug-likeness (QED) is 0.151. The highest BCUT2D eigenvalue weighted by Crippen LogP contribution is 2.46. The van der Waals surface area contributed by atoms with Crippen molar-refractivity contribution < 1.29 is 0 Å². The number of fused-ring (bicyclic) bond motifs is 8. The van der Waals surface area contributed by atoms with E-state index in [0.717, 1.165) is 50.9 Å². The molecule has 62 heavy (non-hydrogen) atoms. The van der Waals surface area contributed by atoms with Gasteiger partial charge in [0, 0.05) is 70.8 Å². The molecule has 12 aromatic rings. The van der Waals surface area contributed by atoms with Crippen molar-refractivity contribution in [3.05, 3.63) is 237 Å². The van der Waals surface area contributed by atoms with Crippen molar-refractivity contribution in [2.24, 2.45) is 0 Å². The van der Waals surface area contributed by atoms with Crippen LogP contribution in [-0.2, 0) is 0 Å². The normalized spacial score (nSPS) is 11.5. The van der Waals surface area contributed by atoms with Gasteiger partial charge in [-0.2, -0.15) is 0 Å². The summed E-state index contributed by atoms with van der Waals surface area (Å²) >= 11 is 1.87. The summed E-state index contributed by atoms with van der Waals surface area (Å²) in [6.07, 6.45) is 0. The Kier molecular flexibility index (Phi) is 8.68. The van der Waals surface area contributed by atoms with E-state index in [-0.39, 0.29) is 0 Å². The number of anilines is 6. The zero-order valence-electron chi connectivity index (χ0n) is 33.8. The summed E-state index contributed by atoms with van der Waals surface area (Å²) in [6, 6.07) is 85.9. The first-order valence-corrected chi connectivity index (χ1v) is 21.9. The smallest absolute Gasteiger partial charge is 0.0547 e. The maximum absolute atomic E-state index is 2.46. The van der Waals surface area contributed by atoms with E-state index < -0.39 is 0 Å². The number of nitrogens with zero attached hydrogens (tertiary/aromatic N) is 3. The van der Waals surface area contributed by atoms with Crippen LogP contribution < -0.4 is 9.80 Å². The van der Waals surface area contributed by atoms with E-state index in [0.29, 0.717) is 0 Å². The second-order valence-corrected chi connectivity index (χ2v) is 16.9. The van der Waals surface area contributed by atoms with Crippen molar-refractivity contribution in [2.75, 3.05) is 9.80 Å². The molecule has 4 heteroatoms. The third kappa shape index (κ3) is 6.11. The van der Waals surface area contributed by atoms with E-state index in [1.807, 2.05) is 11.3 Å². The van der Waals surface area contributed by atoms with Crippen molar-refractivity contribution in [3.8, 4) is 16.8 Å². The van der Waals surface area contributed by atoms with Gasteiger partial charge in [-0.3, -0.25) is 0 Å². The molecule has 12 rings (SSSR count). The van der Waals surface area contributed by atoms with Crippen LogP contribution in [0.3, 0.4) is 0 Å². The molecule has 0 N–H and O–H groups in total. The minimum atomic E-state index is 1.07. The van der Waals surface area contributed by atoms with Gasteiger partial charge in [-0.25, -0.2) is 0 Å². The monoisotopic (exact) mass is 809 g/mol. The Bertz CT molecular complexity index is 3380. The van der Waals surface area contributed by atoms with Crippen LogP contribution in [-0.4, -0.2) is 4.57 Å². The predicted octanol–water partition coefficient (Wildman–Crippen LogP) is 16.9. The molecule has 0 unspecified atom stereocenters. The summed E-state index contributed by atoms with van der Waals surface area (Å²) in [7, 11) is 0. The highest BCUT2D eigenvalue weighted by atomic mass is 32.1. The number of thiophene rings is 1. The van der Waals surface area contributed by atoms with Gasteiger partial charge in [-0.15, -0.1) is 11.3 Å². The minimum Gasteiger partial charge on any atom is -0.310 e. The van der Waals surface area contributed by atoms with Gasteiger partial charge < -0.3 is 14.4 Å². The lowest BCUT2D eigenvalue weighted by molar-refractivity contribution is 1.18. The highest BCUT2D eigenvalue weighted by Gasteiger charge is 2.21. The molecule has 0 atom stereocenters. The van der Waals surface area contributed by atoms with Gasteiger partial charge in [-0.05, 0) is 137 Å². The Labute approximate surface area is 364 Å². The summed E-state index contributed by atoms with van der Waals surface area (Å²) in [4.78, 5) is 4.73. The Morgan fingerprint density at radius 1 is 0.306 bits per heavy atom. The Hall–Kier alpha value is -7.92. The number of hydrogen-bond acceptors (Lipinski definition) is 3. The zero-order valence-corrected chi connectivity index (χ0v) is 34.6. The maximum atomic E-state index is 2.46. The maximum Gasteiger partial charge on any atom is 0.0547 e. The number of aromatic nitrogens is 1. The van der Waals surface area contributed by atoms with Crippen molar-refractivity contribution in [2.45, 2.75) is 0 Å². The lowest BCUT2D eigenvalue weighted by Gasteiger charge is -2.30. The number of para-hydroxylation sites is 5. The molecular formula is C58H39N3S. The van der Waals surface area contributed by atoms with Gasteiger partial charge in [0.2, 0.25) is 0 Å². The summed E-state index contributed by atoms with van der Waals surface area (Å²) in [5.41, 5.74) is 12.3. The van der Waals surface area contributed by atoms with E-state index in [1.165, 1.54) is 52.8 Å². The number of benzene rings is 10. The van der Waals surface area contributed by atoms with Crippen molar-refractivity contribution in [1.29, 1.82) is 0 Å². The van der Waals surface area contributed by atoms with Crippen LogP contribution >= 0.6 is 11.3 Å². The Balaban J connectivity index is 1.14. The van der Waals surface area contributed by atoms with Crippen LogP contribution in [0.1, 0.15) is 0 Å². The number of rotatable bonds is 8. The van der Waals surface area contributed by atoms with Crippen LogP contribution in [0.15, 0.2) is 237 Å². The van der Waals surface area contributed by atoms with Crippen molar-refractivity contribution in [3.63, 3.8) is 0 Å². The standard InChI is InChI=1S/C58H39N3S/c1-6-18-43(19-7-1)59(44-20-8-2-9-21-44)48-34-42(35-49(38-48)60(45-22-10-3-11-23-45)46-24-12-4-13-25-46)40-30-32-54-52(36-40)53-39-51-41(37-55(53)61(54)47-26-14-5-15-27-47)31-33-57-58(51)50-28-16-17-29-56(50)62-57/h1-39H. The molecule has 0 aliphatic carbocycles. The van der Waals surface area contributed by atoms with Crippen molar-refractivity contribution >= 4 is 98.2 Å². The van der Waals surface area contributed by atoms with Crippen LogP contribution in [0.4, 0.5) is 34.1 Å².